The summed E-state index contributed by atoms with van der Waals surface area (Å²) in [6.45, 7) is 7.10. The standard InChI is InChI=1S/C14H24N2O/c1-10-8-11(2)14(13(9-10)17-5)16(4)12(3)6-7-15/h8-9,12H,6-7,15H2,1-5H3. The maximum Gasteiger partial charge on any atom is 0.142 e. The van der Waals surface area contributed by atoms with Crippen LogP contribution in [-0.2, 0) is 0 Å². The molecule has 0 saturated carbocycles. The summed E-state index contributed by atoms with van der Waals surface area (Å²) < 4.78 is 5.48. The minimum absolute atomic E-state index is 0.412. The summed E-state index contributed by atoms with van der Waals surface area (Å²) in [5.74, 6) is 0.939. The molecule has 96 valence electrons. The molecule has 0 spiro atoms. The Morgan fingerprint density at radius 3 is 2.53 bits per heavy atom. The van der Waals surface area contributed by atoms with Gasteiger partial charge < -0.3 is 15.4 Å². The summed E-state index contributed by atoms with van der Waals surface area (Å²) >= 11 is 0. The first-order chi connectivity index (χ1) is 8.01. The fourth-order valence-corrected chi connectivity index (χ4v) is 2.18. The van der Waals surface area contributed by atoms with Gasteiger partial charge in [-0.3, -0.25) is 0 Å². The number of aryl methyl sites for hydroxylation is 2. The molecule has 1 rings (SSSR count). The van der Waals surface area contributed by atoms with Gasteiger partial charge in [-0.15, -0.1) is 0 Å². The third kappa shape index (κ3) is 3.13. The summed E-state index contributed by atoms with van der Waals surface area (Å²) in [4.78, 5) is 2.25. The van der Waals surface area contributed by atoms with Crippen LogP contribution in [0.4, 0.5) is 5.69 Å². The van der Waals surface area contributed by atoms with Crippen molar-refractivity contribution in [1.82, 2.24) is 0 Å². The Labute approximate surface area is 105 Å². The second-order valence-electron chi connectivity index (χ2n) is 4.67. The van der Waals surface area contributed by atoms with Crippen LogP contribution in [0.5, 0.6) is 5.75 Å². The monoisotopic (exact) mass is 236 g/mol. The third-order valence-corrected chi connectivity index (χ3v) is 3.23. The van der Waals surface area contributed by atoms with E-state index in [1.807, 2.05) is 0 Å². The van der Waals surface area contributed by atoms with Crippen LogP contribution < -0.4 is 15.4 Å². The van der Waals surface area contributed by atoms with Crippen molar-refractivity contribution >= 4 is 5.69 Å². The topological polar surface area (TPSA) is 38.5 Å². The summed E-state index contributed by atoms with van der Waals surface area (Å²) in [7, 11) is 3.82. The van der Waals surface area contributed by atoms with Crippen LogP contribution in [0.15, 0.2) is 12.1 Å². The van der Waals surface area contributed by atoms with E-state index < -0.39 is 0 Å². The number of benzene rings is 1. The van der Waals surface area contributed by atoms with Crippen LogP contribution in [0.1, 0.15) is 24.5 Å². The molecule has 0 amide bonds. The number of nitrogens with zero attached hydrogens (tertiary/aromatic N) is 1. The van der Waals surface area contributed by atoms with Gasteiger partial charge in [0, 0.05) is 13.1 Å². The van der Waals surface area contributed by atoms with Crippen molar-refractivity contribution in [2.24, 2.45) is 5.73 Å². The Bertz CT molecular complexity index is 377. The lowest BCUT2D eigenvalue weighted by Gasteiger charge is -2.30. The van der Waals surface area contributed by atoms with E-state index in [4.69, 9.17) is 10.5 Å². The molecule has 2 N–H and O–H groups in total. The quantitative estimate of drug-likeness (QED) is 0.853. The molecule has 1 unspecified atom stereocenters. The molecule has 0 aromatic heterocycles. The van der Waals surface area contributed by atoms with Gasteiger partial charge in [0.15, 0.2) is 0 Å². The van der Waals surface area contributed by atoms with Crippen LogP contribution in [0.25, 0.3) is 0 Å². The molecule has 0 saturated heterocycles. The van der Waals surface area contributed by atoms with Gasteiger partial charge in [0.2, 0.25) is 0 Å². The van der Waals surface area contributed by atoms with Crippen LogP contribution in [-0.4, -0.2) is 26.7 Å². The number of methoxy groups -OCH3 is 1. The first kappa shape index (κ1) is 13.8. The Morgan fingerprint density at radius 1 is 1.35 bits per heavy atom. The molecule has 0 bridgehead atoms. The molecular weight excluding hydrogens is 212 g/mol. The van der Waals surface area contributed by atoms with E-state index in [2.05, 4.69) is 44.9 Å². The molecule has 3 heteroatoms. The fourth-order valence-electron chi connectivity index (χ4n) is 2.18. The minimum atomic E-state index is 0.412. The van der Waals surface area contributed by atoms with Gasteiger partial charge in [-0.25, -0.2) is 0 Å². The van der Waals surface area contributed by atoms with Crippen LogP contribution in [0, 0.1) is 13.8 Å². The number of rotatable bonds is 5. The van der Waals surface area contributed by atoms with Crippen molar-refractivity contribution in [3.05, 3.63) is 23.3 Å². The maximum atomic E-state index is 5.62. The highest BCUT2D eigenvalue weighted by molar-refractivity contribution is 5.65. The number of nitrogens with two attached hydrogens (primary N) is 1. The molecule has 17 heavy (non-hydrogen) atoms. The van der Waals surface area contributed by atoms with Gasteiger partial charge in [0.1, 0.15) is 5.75 Å². The summed E-state index contributed by atoms with van der Waals surface area (Å²) in [6.07, 6.45) is 0.979. The molecule has 0 aliphatic rings. The Morgan fingerprint density at radius 2 is 2.00 bits per heavy atom. The molecule has 3 nitrogen and oxygen atoms in total. The van der Waals surface area contributed by atoms with Crippen molar-refractivity contribution in [2.75, 3.05) is 25.6 Å². The predicted octanol–water partition coefficient (Wildman–Crippen LogP) is 2.49. The lowest BCUT2D eigenvalue weighted by Crippen LogP contribution is -2.31. The zero-order chi connectivity index (χ0) is 13.0. The van der Waals surface area contributed by atoms with Crippen molar-refractivity contribution < 1.29 is 4.74 Å². The summed E-state index contributed by atoms with van der Waals surface area (Å²) in [5, 5.41) is 0. The van der Waals surface area contributed by atoms with Crippen LogP contribution in [0.2, 0.25) is 0 Å². The first-order valence-corrected chi connectivity index (χ1v) is 6.09. The van der Waals surface area contributed by atoms with Crippen molar-refractivity contribution in [3.63, 3.8) is 0 Å². The van der Waals surface area contributed by atoms with E-state index in [9.17, 15) is 0 Å². The van der Waals surface area contributed by atoms with Gasteiger partial charge in [-0.1, -0.05) is 6.07 Å². The largest absolute Gasteiger partial charge is 0.495 e. The Balaban J connectivity index is 3.11. The number of ether oxygens (including phenoxy) is 1. The van der Waals surface area contributed by atoms with E-state index in [0.717, 1.165) is 12.2 Å². The van der Waals surface area contributed by atoms with Gasteiger partial charge in [0.05, 0.1) is 12.8 Å². The third-order valence-electron chi connectivity index (χ3n) is 3.23. The molecule has 0 aliphatic heterocycles. The second-order valence-corrected chi connectivity index (χ2v) is 4.67. The molecule has 0 radical (unpaired) electrons. The highest BCUT2D eigenvalue weighted by Gasteiger charge is 2.16. The average Bonchev–Trinajstić information content (AvgIpc) is 2.27. The molecule has 1 aromatic carbocycles. The Hall–Kier alpha value is -1.22. The summed E-state index contributed by atoms with van der Waals surface area (Å²) in [5.41, 5.74) is 9.25. The van der Waals surface area contributed by atoms with Crippen LogP contribution >= 0.6 is 0 Å². The smallest absolute Gasteiger partial charge is 0.142 e. The zero-order valence-electron chi connectivity index (χ0n) is 11.6. The first-order valence-electron chi connectivity index (χ1n) is 6.09. The van der Waals surface area contributed by atoms with E-state index in [1.54, 1.807) is 7.11 Å². The van der Waals surface area contributed by atoms with Gasteiger partial charge >= 0.3 is 0 Å². The molecule has 1 atom stereocenters. The van der Waals surface area contributed by atoms with Crippen LogP contribution in [0.3, 0.4) is 0 Å². The Kier molecular flexibility index (Phi) is 4.82. The molecular formula is C14H24N2O. The highest BCUT2D eigenvalue weighted by Crippen LogP contribution is 2.33. The van der Waals surface area contributed by atoms with E-state index in [1.165, 1.54) is 16.8 Å². The van der Waals surface area contributed by atoms with E-state index in [0.29, 0.717) is 12.6 Å². The molecule has 0 fully saturated rings. The number of hydrogen-bond acceptors (Lipinski definition) is 3. The lowest BCUT2D eigenvalue weighted by atomic mass is 10.1. The van der Waals surface area contributed by atoms with Gasteiger partial charge in [-0.2, -0.15) is 0 Å². The van der Waals surface area contributed by atoms with Gasteiger partial charge in [-0.05, 0) is 50.9 Å². The zero-order valence-corrected chi connectivity index (χ0v) is 11.6. The summed E-state index contributed by atoms with van der Waals surface area (Å²) in [6, 6.07) is 4.67. The minimum Gasteiger partial charge on any atom is -0.495 e. The second kappa shape index (κ2) is 5.92. The molecule has 0 heterocycles. The molecule has 0 aliphatic carbocycles. The maximum absolute atomic E-state index is 5.62. The van der Waals surface area contributed by atoms with Crippen molar-refractivity contribution in [3.8, 4) is 5.75 Å². The van der Waals surface area contributed by atoms with E-state index in [-0.39, 0.29) is 0 Å². The van der Waals surface area contributed by atoms with Gasteiger partial charge in [0.25, 0.3) is 0 Å². The van der Waals surface area contributed by atoms with E-state index >= 15 is 0 Å². The number of hydrogen-bond donors (Lipinski definition) is 1. The van der Waals surface area contributed by atoms with Crippen molar-refractivity contribution in [2.45, 2.75) is 33.2 Å². The normalized spacial score (nSPS) is 12.4. The predicted molar refractivity (Wildman–Crippen MR) is 74.0 cm³/mol. The highest BCUT2D eigenvalue weighted by atomic mass is 16.5. The van der Waals surface area contributed by atoms with Crippen molar-refractivity contribution in [1.29, 1.82) is 0 Å². The molecule has 1 aromatic rings. The SMILES string of the molecule is COc1cc(C)cc(C)c1N(C)C(C)CCN. The number of anilines is 1. The average molecular weight is 236 g/mol. The lowest BCUT2D eigenvalue weighted by molar-refractivity contribution is 0.412. The fraction of sp³-hybridized carbons (Fsp3) is 0.571.